The third-order valence-corrected chi connectivity index (χ3v) is 5.58. The van der Waals surface area contributed by atoms with Crippen molar-refractivity contribution >= 4 is 5.91 Å². The summed E-state index contributed by atoms with van der Waals surface area (Å²) in [6, 6.07) is 0.126. The van der Waals surface area contributed by atoms with Crippen molar-refractivity contribution in [1.29, 1.82) is 0 Å². The van der Waals surface area contributed by atoms with Gasteiger partial charge in [0.1, 0.15) is 0 Å². The second-order valence-corrected chi connectivity index (χ2v) is 7.19. The molecule has 2 saturated carbocycles. The van der Waals surface area contributed by atoms with Gasteiger partial charge in [-0.3, -0.25) is 4.79 Å². The van der Waals surface area contributed by atoms with Gasteiger partial charge in [0.15, 0.2) is 0 Å². The Labute approximate surface area is 115 Å². The summed E-state index contributed by atoms with van der Waals surface area (Å²) in [6.07, 6.45) is 5.78. The monoisotopic (exact) mass is 266 g/mol. The number of nitrogens with two attached hydrogens (primary N) is 1. The maximum atomic E-state index is 12.5. The average molecular weight is 266 g/mol. The molecule has 4 heteroatoms. The van der Waals surface area contributed by atoms with E-state index in [1.165, 1.54) is 12.8 Å². The van der Waals surface area contributed by atoms with E-state index in [1.54, 1.807) is 0 Å². The molecule has 0 aromatic rings. The maximum absolute atomic E-state index is 12.5. The Morgan fingerprint density at radius 1 is 1.32 bits per heavy atom. The molecule has 1 saturated heterocycles. The Kier molecular flexibility index (Phi) is 3.34. The van der Waals surface area contributed by atoms with E-state index in [-0.39, 0.29) is 35.4 Å². The van der Waals surface area contributed by atoms with Gasteiger partial charge in [0, 0.05) is 24.5 Å². The zero-order valence-electron chi connectivity index (χ0n) is 12.0. The molecule has 108 valence electrons. The molecule has 3 N–H and O–H groups in total. The lowest BCUT2D eigenvalue weighted by Crippen LogP contribution is -2.69. The van der Waals surface area contributed by atoms with Gasteiger partial charge in [0.25, 0.3) is 0 Å². The molecule has 5 atom stereocenters. The number of fused-ring (bicyclic) bond motifs is 1. The van der Waals surface area contributed by atoms with Gasteiger partial charge in [-0.1, -0.05) is 26.7 Å². The van der Waals surface area contributed by atoms with Gasteiger partial charge in [0.2, 0.25) is 5.91 Å². The molecular weight excluding hydrogens is 240 g/mol. The number of amides is 1. The van der Waals surface area contributed by atoms with Crippen LogP contribution in [0.4, 0.5) is 0 Å². The average Bonchev–Trinajstić information content (AvgIpc) is 2.79. The Morgan fingerprint density at radius 3 is 2.84 bits per heavy atom. The first-order chi connectivity index (χ1) is 9.00. The molecule has 3 aliphatic rings. The minimum Gasteiger partial charge on any atom is -0.376 e. The molecular formula is C15H26N2O2. The minimum atomic E-state index is 0.0396. The minimum absolute atomic E-state index is 0.0396. The molecule has 2 aliphatic carbocycles. The van der Waals surface area contributed by atoms with Gasteiger partial charge in [-0.15, -0.1) is 0 Å². The first-order valence-electron chi connectivity index (χ1n) is 7.68. The second kappa shape index (κ2) is 4.74. The van der Waals surface area contributed by atoms with Crippen LogP contribution in [0, 0.1) is 17.3 Å². The normalized spacial score (nSPS) is 44.3. The van der Waals surface area contributed by atoms with Crippen LogP contribution in [-0.2, 0) is 9.53 Å². The van der Waals surface area contributed by atoms with Crippen molar-refractivity contribution in [3.63, 3.8) is 0 Å². The van der Waals surface area contributed by atoms with E-state index in [2.05, 4.69) is 19.2 Å². The van der Waals surface area contributed by atoms with Crippen molar-refractivity contribution in [2.45, 2.75) is 64.1 Å². The second-order valence-electron chi connectivity index (χ2n) is 7.19. The molecule has 0 aromatic carbocycles. The number of ether oxygens (including phenoxy) is 1. The predicted molar refractivity (Wildman–Crippen MR) is 73.5 cm³/mol. The lowest BCUT2D eigenvalue weighted by molar-refractivity contribution is -0.134. The standard InChI is InChI=1S/C15H26N2O2/c1-15(2)7-4-3-5-10(15)14(18)17-12-11(16)9-6-8-19-13(9)12/h9-13H,3-8,16H2,1-2H3,(H,17,18). The van der Waals surface area contributed by atoms with Gasteiger partial charge in [0.05, 0.1) is 12.1 Å². The fraction of sp³-hybridized carbons (Fsp3) is 0.933. The SMILES string of the molecule is CC1(C)CCCCC1C(=O)NC1C(N)C2CCOC21. The highest BCUT2D eigenvalue weighted by Gasteiger charge is 2.53. The molecule has 3 fully saturated rings. The van der Waals surface area contributed by atoms with Crippen LogP contribution in [0.15, 0.2) is 0 Å². The molecule has 0 aromatic heterocycles. The highest BCUT2D eigenvalue weighted by molar-refractivity contribution is 5.80. The van der Waals surface area contributed by atoms with E-state index in [4.69, 9.17) is 10.5 Å². The molecule has 3 rings (SSSR count). The summed E-state index contributed by atoms with van der Waals surface area (Å²) in [4.78, 5) is 12.5. The lowest BCUT2D eigenvalue weighted by atomic mass is 9.67. The van der Waals surface area contributed by atoms with Crippen LogP contribution in [0.3, 0.4) is 0 Å². The van der Waals surface area contributed by atoms with Gasteiger partial charge < -0.3 is 15.8 Å². The number of carbonyl (C=O) groups is 1. The van der Waals surface area contributed by atoms with Crippen LogP contribution < -0.4 is 11.1 Å². The molecule has 5 unspecified atom stereocenters. The zero-order chi connectivity index (χ0) is 13.6. The van der Waals surface area contributed by atoms with Crippen LogP contribution in [0.1, 0.15) is 46.0 Å². The third kappa shape index (κ3) is 2.19. The number of nitrogens with one attached hydrogen (secondary N) is 1. The van der Waals surface area contributed by atoms with Crippen molar-refractivity contribution in [2.75, 3.05) is 6.61 Å². The number of carbonyl (C=O) groups excluding carboxylic acids is 1. The Morgan fingerprint density at radius 2 is 2.11 bits per heavy atom. The molecule has 1 heterocycles. The van der Waals surface area contributed by atoms with Crippen LogP contribution in [0.5, 0.6) is 0 Å². The van der Waals surface area contributed by atoms with Crippen LogP contribution in [0.25, 0.3) is 0 Å². The van der Waals surface area contributed by atoms with Crippen molar-refractivity contribution in [3.05, 3.63) is 0 Å². The molecule has 0 radical (unpaired) electrons. The molecule has 4 nitrogen and oxygen atoms in total. The van der Waals surface area contributed by atoms with Gasteiger partial charge in [-0.05, 0) is 24.7 Å². The quantitative estimate of drug-likeness (QED) is 0.795. The molecule has 0 bridgehead atoms. The van der Waals surface area contributed by atoms with Gasteiger partial charge >= 0.3 is 0 Å². The summed E-state index contributed by atoms with van der Waals surface area (Å²) >= 11 is 0. The molecule has 1 amide bonds. The number of hydrogen-bond acceptors (Lipinski definition) is 3. The maximum Gasteiger partial charge on any atom is 0.224 e. The van der Waals surface area contributed by atoms with E-state index in [1.807, 2.05) is 0 Å². The van der Waals surface area contributed by atoms with E-state index in [0.29, 0.717) is 5.92 Å². The summed E-state index contributed by atoms with van der Waals surface area (Å²) in [5.74, 6) is 0.790. The first-order valence-corrected chi connectivity index (χ1v) is 7.68. The van der Waals surface area contributed by atoms with E-state index < -0.39 is 0 Å². The summed E-state index contributed by atoms with van der Waals surface area (Å²) in [5.41, 5.74) is 6.28. The van der Waals surface area contributed by atoms with Crippen LogP contribution in [0.2, 0.25) is 0 Å². The molecule has 0 spiro atoms. The lowest BCUT2D eigenvalue weighted by Gasteiger charge is -2.47. The van der Waals surface area contributed by atoms with Crippen molar-refractivity contribution in [2.24, 2.45) is 23.0 Å². The highest BCUT2D eigenvalue weighted by Crippen LogP contribution is 2.42. The Bertz CT molecular complexity index is 369. The summed E-state index contributed by atoms with van der Waals surface area (Å²) < 4.78 is 5.68. The number of hydrogen-bond donors (Lipinski definition) is 2. The van der Waals surface area contributed by atoms with Crippen LogP contribution >= 0.6 is 0 Å². The smallest absolute Gasteiger partial charge is 0.224 e. The summed E-state index contributed by atoms with van der Waals surface area (Å²) in [7, 11) is 0. The van der Waals surface area contributed by atoms with Crippen molar-refractivity contribution < 1.29 is 9.53 Å². The van der Waals surface area contributed by atoms with Crippen molar-refractivity contribution in [3.8, 4) is 0 Å². The fourth-order valence-corrected chi connectivity index (χ4v) is 4.17. The summed E-state index contributed by atoms with van der Waals surface area (Å²) in [6.45, 7) is 5.22. The Hall–Kier alpha value is -0.610. The summed E-state index contributed by atoms with van der Waals surface area (Å²) in [5, 5.41) is 3.17. The van der Waals surface area contributed by atoms with E-state index >= 15 is 0 Å². The predicted octanol–water partition coefficient (Wildman–Crippen LogP) is 1.43. The van der Waals surface area contributed by atoms with Crippen molar-refractivity contribution in [1.82, 2.24) is 5.32 Å². The van der Waals surface area contributed by atoms with Crippen LogP contribution in [-0.4, -0.2) is 30.7 Å². The Balaban J connectivity index is 1.62. The fourth-order valence-electron chi connectivity index (χ4n) is 4.17. The third-order valence-electron chi connectivity index (χ3n) is 5.58. The molecule has 19 heavy (non-hydrogen) atoms. The highest BCUT2D eigenvalue weighted by atomic mass is 16.5. The first kappa shape index (κ1) is 13.4. The number of rotatable bonds is 2. The molecule has 1 aliphatic heterocycles. The van der Waals surface area contributed by atoms with E-state index in [0.717, 1.165) is 25.9 Å². The van der Waals surface area contributed by atoms with Gasteiger partial charge in [-0.25, -0.2) is 0 Å². The van der Waals surface area contributed by atoms with E-state index in [9.17, 15) is 4.79 Å². The largest absolute Gasteiger partial charge is 0.376 e. The van der Waals surface area contributed by atoms with Gasteiger partial charge in [-0.2, -0.15) is 0 Å². The zero-order valence-corrected chi connectivity index (χ0v) is 12.0. The topological polar surface area (TPSA) is 64.4 Å².